The fourth-order valence-electron chi connectivity index (χ4n) is 2.11. The number of rotatable bonds is 4. The lowest BCUT2D eigenvalue weighted by molar-refractivity contribution is -0.127. The van der Waals surface area contributed by atoms with Crippen molar-refractivity contribution in [1.29, 1.82) is 0 Å². The summed E-state index contributed by atoms with van der Waals surface area (Å²) >= 11 is 6.07. The van der Waals surface area contributed by atoms with Crippen molar-refractivity contribution in [2.24, 2.45) is 0 Å². The number of hydrogen-bond donors (Lipinski definition) is 1. The van der Waals surface area contributed by atoms with Gasteiger partial charge in [0, 0.05) is 19.2 Å². The zero-order chi connectivity index (χ0) is 13.1. The standard InChI is InChI=1S/C12H17ClN4O/c1-3-4-8-10(13)14-7-15-11(8)16-9-5-6-17(2)12(9)18/h7,9H,3-6H2,1-2H3,(H,14,15,16). The first-order chi connectivity index (χ1) is 8.63. The maximum absolute atomic E-state index is 11.9. The smallest absolute Gasteiger partial charge is 0.244 e. The number of likely N-dealkylation sites (N-methyl/N-ethyl adjacent to an activating group) is 1. The van der Waals surface area contributed by atoms with E-state index < -0.39 is 0 Å². The minimum atomic E-state index is -0.198. The first-order valence-electron chi connectivity index (χ1n) is 6.14. The summed E-state index contributed by atoms with van der Waals surface area (Å²) in [6.07, 6.45) is 3.98. The molecule has 1 aliphatic heterocycles. The molecule has 0 spiro atoms. The summed E-state index contributed by atoms with van der Waals surface area (Å²) in [5, 5.41) is 3.65. The van der Waals surface area contributed by atoms with Crippen LogP contribution in [0.3, 0.4) is 0 Å². The number of carbonyl (C=O) groups excluding carboxylic acids is 1. The number of nitrogens with one attached hydrogen (secondary N) is 1. The van der Waals surface area contributed by atoms with Gasteiger partial charge >= 0.3 is 0 Å². The van der Waals surface area contributed by atoms with Gasteiger partial charge in [-0.05, 0) is 12.8 Å². The number of hydrogen-bond acceptors (Lipinski definition) is 4. The van der Waals surface area contributed by atoms with Gasteiger partial charge in [-0.25, -0.2) is 9.97 Å². The van der Waals surface area contributed by atoms with Gasteiger partial charge in [-0.1, -0.05) is 24.9 Å². The van der Waals surface area contributed by atoms with Gasteiger partial charge in [-0.2, -0.15) is 0 Å². The van der Waals surface area contributed by atoms with Gasteiger partial charge in [0.1, 0.15) is 23.3 Å². The highest BCUT2D eigenvalue weighted by atomic mass is 35.5. The average molecular weight is 269 g/mol. The van der Waals surface area contributed by atoms with Crippen molar-refractivity contribution in [3.05, 3.63) is 17.0 Å². The van der Waals surface area contributed by atoms with Crippen LogP contribution in [0.25, 0.3) is 0 Å². The molecule has 1 aromatic rings. The third kappa shape index (κ3) is 2.56. The quantitative estimate of drug-likeness (QED) is 0.845. The third-order valence-electron chi connectivity index (χ3n) is 3.13. The topological polar surface area (TPSA) is 58.1 Å². The van der Waals surface area contributed by atoms with Crippen LogP contribution in [0.2, 0.25) is 5.15 Å². The Morgan fingerprint density at radius 1 is 1.56 bits per heavy atom. The van der Waals surface area contributed by atoms with Crippen molar-refractivity contribution < 1.29 is 4.79 Å². The molecule has 0 aromatic carbocycles. The predicted octanol–water partition coefficient (Wildman–Crippen LogP) is 1.73. The summed E-state index contributed by atoms with van der Waals surface area (Å²) in [6, 6.07) is -0.198. The van der Waals surface area contributed by atoms with E-state index >= 15 is 0 Å². The van der Waals surface area contributed by atoms with E-state index in [2.05, 4.69) is 22.2 Å². The largest absolute Gasteiger partial charge is 0.358 e. The first-order valence-corrected chi connectivity index (χ1v) is 6.52. The molecule has 0 aliphatic carbocycles. The van der Waals surface area contributed by atoms with Crippen molar-refractivity contribution in [2.45, 2.75) is 32.2 Å². The number of carbonyl (C=O) groups is 1. The van der Waals surface area contributed by atoms with E-state index in [9.17, 15) is 4.79 Å². The van der Waals surface area contributed by atoms with Gasteiger partial charge in [0.05, 0.1) is 0 Å². The zero-order valence-corrected chi connectivity index (χ0v) is 11.4. The zero-order valence-electron chi connectivity index (χ0n) is 10.6. The Bertz CT molecular complexity index is 452. The summed E-state index contributed by atoms with van der Waals surface area (Å²) in [7, 11) is 1.81. The molecule has 0 saturated carbocycles. The highest BCUT2D eigenvalue weighted by Crippen LogP contribution is 2.23. The van der Waals surface area contributed by atoms with Gasteiger partial charge in [0.15, 0.2) is 0 Å². The van der Waals surface area contributed by atoms with E-state index in [0.717, 1.165) is 31.4 Å². The van der Waals surface area contributed by atoms with Crippen molar-refractivity contribution in [3.63, 3.8) is 0 Å². The predicted molar refractivity (Wildman–Crippen MR) is 70.7 cm³/mol. The Hall–Kier alpha value is -1.36. The van der Waals surface area contributed by atoms with Crippen LogP contribution in [0, 0.1) is 0 Å². The molecular weight excluding hydrogens is 252 g/mol. The third-order valence-corrected chi connectivity index (χ3v) is 3.46. The van der Waals surface area contributed by atoms with Crippen LogP contribution in [0.15, 0.2) is 6.33 Å². The van der Waals surface area contributed by atoms with E-state index in [0.29, 0.717) is 11.0 Å². The Balaban J connectivity index is 2.18. The molecule has 2 heterocycles. The van der Waals surface area contributed by atoms with Gasteiger partial charge in [0.25, 0.3) is 0 Å². The van der Waals surface area contributed by atoms with E-state index in [1.54, 1.807) is 4.90 Å². The minimum absolute atomic E-state index is 0.104. The van der Waals surface area contributed by atoms with Crippen molar-refractivity contribution in [1.82, 2.24) is 14.9 Å². The highest BCUT2D eigenvalue weighted by Gasteiger charge is 2.29. The second kappa shape index (κ2) is 5.52. The molecule has 1 amide bonds. The molecule has 1 N–H and O–H groups in total. The van der Waals surface area contributed by atoms with Crippen molar-refractivity contribution in [2.75, 3.05) is 18.9 Å². The van der Waals surface area contributed by atoms with Crippen LogP contribution in [-0.2, 0) is 11.2 Å². The van der Waals surface area contributed by atoms with E-state index in [-0.39, 0.29) is 11.9 Å². The lowest BCUT2D eigenvalue weighted by Gasteiger charge is -2.15. The number of likely N-dealkylation sites (tertiary alicyclic amines) is 1. The molecule has 1 aliphatic rings. The monoisotopic (exact) mass is 268 g/mol. The number of aromatic nitrogens is 2. The van der Waals surface area contributed by atoms with Crippen molar-refractivity contribution in [3.8, 4) is 0 Å². The summed E-state index contributed by atoms with van der Waals surface area (Å²) in [6.45, 7) is 2.85. The maximum atomic E-state index is 11.9. The number of halogens is 1. The Kier molecular flexibility index (Phi) is 4.01. The van der Waals surface area contributed by atoms with Crippen LogP contribution in [0.5, 0.6) is 0 Å². The minimum Gasteiger partial charge on any atom is -0.358 e. The maximum Gasteiger partial charge on any atom is 0.244 e. The van der Waals surface area contributed by atoms with Gasteiger partial charge in [-0.3, -0.25) is 4.79 Å². The summed E-state index contributed by atoms with van der Waals surface area (Å²) in [4.78, 5) is 21.8. The first kappa shape index (κ1) is 13.1. The molecule has 0 bridgehead atoms. The molecule has 1 unspecified atom stereocenters. The lowest BCUT2D eigenvalue weighted by atomic mass is 10.1. The summed E-state index contributed by atoms with van der Waals surface area (Å²) in [5.74, 6) is 0.790. The molecule has 0 radical (unpaired) electrons. The molecule has 1 atom stereocenters. The summed E-state index contributed by atoms with van der Waals surface area (Å²) < 4.78 is 0. The molecule has 6 heteroatoms. The Morgan fingerprint density at radius 2 is 2.33 bits per heavy atom. The average Bonchev–Trinajstić information content (AvgIpc) is 2.66. The molecule has 2 rings (SSSR count). The van der Waals surface area contributed by atoms with Gasteiger partial charge in [0.2, 0.25) is 5.91 Å². The Labute approximate surface area is 112 Å². The normalized spacial score (nSPS) is 19.4. The number of amides is 1. The number of nitrogens with zero attached hydrogens (tertiary/aromatic N) is 3. The molecule has 18 heavy (non-hydrogen) atoms. The van der Waals surface area contributed by atoms with E-state index in [1.807, 2.05) is 7.05 Å². The summed E-state index contributed by atoms with van der Waals surface area (Å²) in [5.41, 5.74) is 0.893. The Morgan fingerprint density at radius 3 is 2.94 bits per heavy atom. The van der Waals surface area contributed by atoms with Crippen LogP contribution >= 0.6 is 11.6 Å². The van der Waals surface area contributed by atoms with Crippen LogP contribution in [-0.4, -0.2) is 40.4 Å². The van der Waals surface area contributed by atoms with Crippen LogP contribution in [0.1, 0.15) is 25.3 Å². The van der Waals surface area contributed by atoms with Crippen LogP contribution < -0.4 is 5.32 Å². The molecule has 1 aromatic heterocycles. The lowest BCUT2D eigenvalue weighted by Crippen LogP contribution is -2.31. The molecular formula is C12H17ClN4O. The molecule has 98 valence electrons. The fraction of sp³-hybridized carbons (Fsp3) is 0.583. The fourth-order valence-corrected chi connectivity index (χ4v) is 2.34. The molecule has 1 fully saturated rings. The van der Waals surface area contributed by atoms with E-state index in [4.69, 9.17) is 11.6 Å². The highest BCUT2D eigenvalue weighted by molar-refractivity contribution is 6.30. The molecule has 5 nitrogen and oxygen atoms in total. The second-order valence-corrected chi connectivity index (χ2v) is 4.85. The molecule has 1 saturated heterocycles. The van der Waals surface area contributed by atoms with E-state index in [1.165, 1.54) is 6.33 Å². The van der Waals surface area contributed by atoms with Gasteiger partial charge < -0.3 is 10.2 Å². The van der Waals surface area contributed by atoms with Crippen molar-refractivity contribution >= 4 is 23.3 Å². The SMILES string of the molecule is CCCc1c(Cl)ncnc1NC1CCN(C)C1=O. The van der Waals surface area contributed by atoms with Crippen LogP contribution in [0.4, 0.5) is 5.82 Å². The number of anilines is 1. The second-order valence-electron chi connectivity index (χ2n) is 4.49. The van der Waals surface area contributed by atoms with Gasteiger partial charge in [-0.15, -0.1) is 0 Å².